The lowest BCUT2D eigenvalue weighted by Gasteiger charge is -2.14. The number of esters is 1. The summed E-state index contributed by atoms with van der Waals surface area (Å²) in [6.45, 7) is 1.39. The second-order valence-corrected chi connectivity index (χ2v) is 7.66. The molecule has 2 aromatic carbocycles. The van der Waals surface area contributed by atoms with E-state index in [9.17, 15) is 18.4 Å². The molecule has 0 unspecified atom stereocenters. The van der Waals surface area contributed by atoms with Crippen molar-refractivity contribution >= 4 is 39.9 Å². The van der Waals surface area contributed by atoms with Crippen LogP contribution in [0, 0.1) is 11.6 Å². The first-order valence-corrected chi connectivity index (χ1v) is 10.3. The Morgan fingerprint density at radius 2 is 1.88 bits per heavy atom. The van der Waals surface area contributed by atoms with Crippen molar-refractivity contribution in [3.8, 4) is 22.8 Å². The van der Waals surface area contributed by atoms with E-state index in [4.69, 9.17) is 25.8 Å². The number of benzene rings is 2. The summed E-state index contributed by atoms with van der Waals surface area (Å²) in [4.78, 5) is 29.0. The van der Waals surface area contributed by atoms with Crippen LogP contribution >= 0.6 is 22.9 Å². The normalized spacial score (nSPS) is 11.6. The minimum absolute atomic E-state index is 0.0715. The topological polar surface area (TPSA) is 86.8 Å². The van der Waals surface area contributed by atoms with Crippen molar-refractivity contribution in [2.45, 2.75) is 13.0 Å². The first-order valence-electron chi connectivity index (χ1n) is 9.07. The molecule has 3 rings (SSSR count). The lowest BCUT2D eigenvalue weighted by atomic mass is 10.2. The number of nitrogens with one attached hydrogen (secondary N) is 1. The van der Waals surface area contributed by atoms with E-state index in [2.05, 4.69) is 10.3 Å². The van der Waals surface area contributed by atoms with Gasteiger partial charge in [0.05, 0.1) is 30.5 Å². The molecule has 11 heteroatoms. The highest BCUT2D eigenvalue weighted by atomic mass is 35.5. The number of carbonyl (C=O) groups excluding carboxylic acids is 2. The van der Waals surface area contributed by atoms with E-state index in [1.54, 1.807) is 5.38 Å². The first-order chi connectivity index (χ1) is 15.2. The molecule has 0 saturated heterocycles. The second kappa shape index (κ2) is 9.92. The van der Waals surface area contributed by atoms with Crippen molar-refractivity contribution in [2.75, 3.05) is 19.5 Å². The fourth-order valence-corrected chi connectivity index (χ4v) is 3.65. The summed E-state index contributed by atoms with van der Waals surface area (Å²) in [6.07, 6.45) is -1.16. The molecule has 32 heavy (non-hydrogen) atoms. The summed E-state index contributed by atoms with van der Waals surface area (Å²) in [6, 6.07) is 6.09. The molecule has 0 aliphatic heterocycles. The van der Waals surface area contributed by atoms with E-state index >= 15 is 0 Å². The van der Waals surface area contributed by atoms with Crippen molar-refractivity contribution in [3.63, 3.8) is 0 Å². The number of rotatable bonds is 7. The predicted octanol–water partition coefficient (Wildman–Crippen LogP) is 4.94. The smallest absolute Gasteiger partial charge is 0.339 e. The van der Waals surface area contributed by atoms with Crippen LogP contribution in [0.5, 0.6) is 11.5 Å². The number of nitrogens with zero attached hydrogens (tertiary/aromatic N) is 1. The summed E-state index contributed by atoms with van der Waals surface area (Å²) in [5.74, 6) is -2.90. The van der Waals surface area contributed by atoms with Crippen LogP contribution in [0.3, 0.4) is 0 Å². The highest BCUT2D eigenvalue weighted by Gasteiger charge is 2.22. The van der Waals surface area contributed by atoms with Crippen LogP contribution in [0.4, 0.5) is 13.9 Å². The van der Waals surface area contributed by atoms with E-state index in [1.807, 2.05) is 0 Å². The largest absolute Gasteiger partial charge is 0.493 e. The molecule has 0 radical (unpaired) electrons. The Labute approximate surface area is 190 Å². The molecule has 0 bridgehead atoms. The first kappa shape index (κ1) is 23.4. The third-order valence-corrected chi connectivity index (χ3v) is 5.31. The van der Waals surface area contributed by atoms with Crippen molar-refractivity contribution in [1.29, 1.82) is 0 Å². The predicted molar refractivity (Wildman–Crippen MR) is 116 cm³/mol. The number of aromatic nitrogens is 1. The van der Waals surface area contributed by atoms with E-state index in [1.165, 1.54) is 39.3 Å². The van der Waals surface area contributed by atoms with Crippen LogP contribution < -0.4 is 14.8 Å². The molecule has 168 valence electrons. The molecule has 0 aliphatic carbocycles. The Hall–Kier alpha value is -3.24. The molecule has 7 nitrogen and oxygen atoms in total. The number of anilines is 1. The average Bonchev–Trinajstić information content (AvgIpc) is 3.23. The molecule has 3 aromatic rings. The summed E-state index contributed by atoms with van der Waals surface area (Å²) in [5.41, 5.74) is 0.779. The number of ether oxygens (including phenoxy) is 3. The number of hydrogen-bond donors (Lipinski definition) is 1. The third kappa shape index (κ3) is 5.14. The third-order valence-electron chi connectivity index (χ3n) is 4.27. The van der Waals surface area contributed by atoms with Gasteiger partial charge in [0.25, 0.3) is 5.91 Å². The second-order valence-electron chi connectivity index (χ2n) is 6.40. The van der Waals surface area contributed by atoms with Gasteiger partial charge in [-0.25, -0.2) is 18.6 Å². The van der Waals surface area contributed by atoms with Crippen molar-refractivity contribution in [3.05, 3.63) is 57.9 Å². The SMILES string of the molecule is COc1cc(C(=O)O[C@@H](C)C(=O)Nc2nc(-c3ccc(F)c(F)c3)cs2)cc(Cl)c1OC. The van der Waals surface area contributed by atoms with Crippen LogP contribution in [0.15, 0.2) is 35.7 Å². The van der Waals surface area contributed by atoms with Crippen LogP contribution in [-0.4, -0.2) is 37.2 Å². The van der Waals surface area contributed by atoms with Crippen molar-refractivity contribution in [1.82, 2.24) is 4.98 Å². The molecule has 0 fully saturated rings. The number of amides is 1. The molecule has 0 spiro atoms. The molecule has 1 atom stereocenters. The van der Waals surface area contributed by atoms with Gasteiger partial charge in [0, 0.05) is 10.9 Å². The van der Waals surface area contributed by atoms with E-state index in [0.717, 1.165) is 23.5 Å². The zero-order valence-electron chi connectivity index (χ0n) is 17.1. The number of hydrogen-bond acceptors (Lipinski definition) is 7. The quantitative estimate of drug-likeness (QED) is 0.480. The van der Waals surface area contributed by atoms with Crippen LogP contribution in [0.25, 0.3) is 11.3 Å². The molecule has 0 saturated carbocycles. The van der Waals surface area contributed by atoms with Crippen LogP contribution in [-0.2, 0) is 9.53 Å². The molecule has 1 amide bonds. The highest BCUT2D eigenvalue weighted by Crippen LogP contribution is 2.36. The summed E-state index contributed by atoms with van der Waals surface area (Å²) >= 11 is 7.17. The van der Waals surface area contributed by atoms with Gasteiger partial charge in [-0.1, -0.05) is 11.6 Å². The minimum Gasteiger partial charge on any atom is -0.493 e. The molecular weight excluding hydrogens is 466 g/mol. The standard InChI is InChI=1S/C21H17ClF2N2O5S/c1-10(31-20(28)12-6-13(22)18(30-3)17(8-12)29-2)19(27)26-21-25-16(9-32-21)11-4-5-14(23)15(24)7-11/h4-10H,1-3H3,(H,25,26,27)/t10-/m0/s1. The molecule has 1 aromatic heterocycles. The van der Waals surface area contributed by atoms with Gasteiger partial charge in [-0.05, 0) is 37.3 Å². The van der Waals surface area contributed by atoms with E-state index in [0.29, 0.717) is 11.3 Å². The van der Waals surface area contributed by atoms with Gasteiger partial charge < -0.3 is 14.2 Å². The maximum Gasteiger partial charge on any atom is 0.339 e. The van der Waals surface area contributed by atoms with Gasteiger partial charge in [0.2, 0.25) is 0 Å². The lowest BCUT2D eigenvalue weighted by Crippen LogP contribution is -2.30. The number of halogens is 3. The summed E-state index contributed by atoms with van der Waals surface area (Å²) < 4.78 is 42.0. The average molecular weight is 483 g/mol. The Balaban J connectivity index is 1.66. The van der Waals surface area contributed by atoms with E-state index < -0.39 is 29.6 Å². The molecule has 0 aliphatic rings. The van der Waals surface area contributed by atoms with Crippen molar-refractivity contribution in [2.24, 2.45) is 0 Å². The Morgan fingerprint density at radius 1 is 1.12 bits per heavy atom. The maximum atomic E-state index is 13.4. The zero-order chi connectivity index (χ0) is 23.4. The van der Waals surface area contributed by atoms with Gasteiger partial charge >= 0.3 is 5.97 Å². The maximum absolute atomic E-state index is 13.4. The summed E-state index contributed by atoms with van der Waals surface area (Å²) in [7, 11) is 2.80. The van der Waals surface area contributed by atoms with Gasteiger partial charge in [0.1, 0.15) is 0 Å². The van der Waals surface area contributed by atoms with Crippen molar-refractivity contribution < 1.29 is 32.6 Å². The zero-order valence-corrected chi connectivity index (χ0v) is 18.6. The lowest BCUT2D eigenvalue weighted by molar-refractivity contribution is -0.123. The van der Waals surface area contributed by atoms with E-state index in [-0.39, 0.29) is 27.2 Å². The van der Waals surface area contributed by atoms with Crippen LogP contribution in [0.1, 0.15) is 17.3 Å². The Bertz CT molecular complexity index is 1170. The van der Waals surface area contributed by atoms with Gasteiger partial charge in [-0.2, -0.15) is 0 Å². The minimum atomic E-state index is -1.16. The fraction of sp³-hybridized carbons (Fsp3) is 0.190. The Kier molecular flexibility index (Phi) is 7.26. The monoisotopic (exact) mass is 482 g/mol. The summed E-state index contributed by atoms with van der Waals surface area (Å²) in [5, 5.41) is 4.44. The van der Waals surface area contributed by atoms with Gasteiger partial charge in [-0.3, -0.25) is 10.1 Å². The molecule has 1 heterocycles. The van der Waals surface area contributed by atoms with Crippen LogP contribution in [0.2, 0.25) is 5.02 Å². The van der Waals surface area contributed by atoms with Gasteiger partial charge in [-0.15, -0.1) is 11.3 Å². The number of methoxy groups -OCH3 is 2. The highest BCUT2D eigenvalue weighted by molar-refractivity contribution is 7.14. The molecule has 1 N–H and O–H groups in total. The van der Waals surface area contributed by atoms with Gasteiger partial charge in [0.15, 0.2) is 34.4 Å². The fourth-order valence-electron chi connectivity index (χ4n) is 2.64. The number of carbonyl (C=O) groups is 2. The number of thiazole rings is 1. The molecular formula is C21H17ClF2N2O5S. The Morgan fingerprint density at radius 3 is 2.53 bits per heavy atom.